The van der Waals surface area contributed by atoms with E-state index in [1.165, 1.54) is 0 Å². The van der Waals surface area contributed by atoms with Gasteiger partial charge in [-0.05, 0) is 49.5 Å². The summed E-state index contributed by atoms with van der Waals surface area (Å²) in [6.07, 6.45) is 3.44. The molecule has 1 fully saturated rings. The van der Waals surface area contributed by atoms with Crippen molar-refractivity contribution in [3.63, 3.8) is 0 Å². The summed E-state index contributed by atoms with van der Waals surface area (Å²) in [6, 6.07) is 5.12. The maximum absolute atomic E-state index is 13.4. The Balaban J connectivity index is 2.21. The van der Waals surface area contributed by atoms with Crippen LogP contribution in [0, 0.1) is 11.8 Å². The lowest BCUT2D eigenvalue weighted by Gasteiger charge is -2.28. The van der Waals surface area contributed by atoms with Crippen molar-refractivity contribution in [3.8, 4) is 0 Å². The molecule has 11 heteroatoms. The van der Waals surface area contributed by atoms with Gasteiger partial charge in [0.15, 0.2) is 0 Å². The van der Waals surface area contributed by atoms with Crippen LogP contribution in [0.2, 0.25) is 0 Å². The van der Waals surface area contributed by atoms with Gasteiger partial charge in [-0.1, -0.05) is 70.9 Å². The van der Waals surface area contributed by atoms with Gasteiger partial charge in [0.2, 0.25) is 17.7 Å². The van der Waals surface area contributed by atoms with Crippen LogP contribution >= 0.6 is 0 Å². The van der Waals surface area contributed by atoms with Crippen molar-refractivity contribution in [3.05, 3.63) is 35.9 Å². The topological polar surface area (TPSA) is 166 Å². The molecule has 0 bridgehead atoms. The van der Waals surface area contributed by atoms with Crippen LogP contribution in [0.15, 0.2) is 30.3 Å². The predicted octanol–water partition coefficient (Wildman–Crippen LogP) is 2.10. The highest BCUT2D eigenvalue weighted by Crippen LogP contribution is 2.13. The number of aryl methyl sites for hydroxylation is 1. The zero-order valence-electron chi connectivity index (χ0n) is 24.0. The molecule has 6 atom stereocenters. The monoisotopic (exact) mass is 559 g/mol. The zero-order valence-corrected chi connectivity index (χ0v) is 24.0. The first kappa shape index (κ1) is 32.6. The molecule has 0 saturated carbocycles. The van der Waals surface area contributed by atoms with Gasteiger partial charge in [0.1, 0.15) is 24.2 Å². The van der Waals surface area contributed by atoms with Gasteiger partial charge >= 0.3 is 12.0 Å². The Morgan fingerprint density at radius 3 is 2.30 bits per heavy atom. The maximum atomic E-state index is 13.4. The van der Waals surface area contributed by atoms with E-state index in [2.05, 4.69) is 26.6 Å². The number of benzene rings is 1. The number of hydrogen-bond acceptors (Lipinski definition) is 5. The van der Waals surface area contributed by atoms with Crippen LogP contribution in [0.4, 0.5) is 4.79 Å². The lowest BCUT2D eigenvalue weighted by molar-refractivity contribution is -0.140. The number of carbonyl (C=O) groups is 5. The van der Waals surface area contributed by atoms with Gasteiger partial charge in [0.25, 0.3) is 0 Å². The van der Waals surface area contributed by atoms with Gasteiger partial charge in [-0.2, -0.15) is 0 Å². The second kappa shape index (κ2) is 16.5. The van der Waals surface area contributed by atoms with E-state index in [1.54, 1.807) is 6.92 Å². The van der Waals surface area contributed by atoms with Crippen LogP contribution in [0.5, 0.6) is 0 Å². The fraction of sp³-hybridized carbons (Fsp3) is 0.621. The zero-order chi connectivity index (χ0) is 29.7. The van der Waals surface area contributed by atoms with Crippen molar-refractivity contribution in [2.24, 2.45) is 11.8 Å². The summed E-state index contributed by atoms with van der Waals surface area (Å²) in [5.41, 5.74) is 1.05. The van der Waals surface area contributed by atoms with Gasteiger partial charge in [0.05, 0.1) is 0 Å². The Hall–Kier alpha value is -3.63. The molecule has 1 aliphatic heterocycles. The normalized spacial score (nSPS) is 23.0. The molecule has 222 valence electrons. The number of aliphatic carboxylic acids is 1. The summed E-state index contributed by atoms with van der Waals surface area (Å²) < 4.78 is 0. The van der Waals surface area contributed by atoms with Gasteiger partial charge in [-0.15, -0.1) is 0 Å². The number of carboxylic acids is 1. The van der Waals surface area contributed by atoms with E-state index < -0.39 is 48.0 Å². The molecule has 0 radical (unpaired) electrons. The maximum Gasteiger partial charge on any atom is 0.326 e. The summed E-state index contributed by atoms with van der Waals surface area (Å²) >= 11 is 0. The van der Waals surface area contributed by atoms with E-state index in [9.17, 15) is 29.1 Å². The molecule has 11 nitrogen and oxygen atoms in total. The van der Waals surface area contributed by atoms with Crippen LogP contribution in [0.3, 0.4) is 0 Å². The van der Waals surface area contributed by atoms with Crippen molar-refractivity contribution in [2.75, 3.05) is 6.54 Å². The largest absolute Gasteiger partial charge is 0.480 e. The Bertz CT molecular complexity index is 1000. The first-order valence-electron chi connectivity index (χ1n) is 14.3. The molecular formula is C29H45N5O6. The second-order valence-electron chi connectivity index (χ2n) is 10.6. The van der Waals surface area contributed by atoms with Crippen molar-refractivity contribution in [1.82, 2.24) is 26.6 Å². The minimum atomic E-state index is -1.16. The van der Waals surface area contributed by atoms with Crippen molar-refractivity contribution < 1.29 is 29.1 Å². The molecule has 1 aliphatic rings. The summed E-state index contributed by atoms with van der Waals surface area (Å²) in [6.45, 7) is 7.63. The number of amides is 5. The van der Waals surface area contributed by atoms with Crippen LogP contribution in [-0.2, 0) is 25.6 Å². The standard InChI is InChI=1S/C29H45N5O6/c1-5-18(3)23-27(37)31-22(16-15-20-12-8-7-9-13-20)25(35)30-17-11-10-14-21(26(36)33-23)32-29(40)34-24(28(38)39)19(4)6-2/h7-9,12-13,18-19,21-24H,5-6,10-11,14-17H2,1-4H3,(H,30,35)(H,31,37)(H,33,36)(H,38,39)(H2,32,34,40). The molecule has 0 aromatic heterocycles. The number of hydrogen-bond donors (Lipinski definition) is 6. The minimum absolute atomic E-state index is 0.247. The Kier molecular flexibility index (Phi) is 13.4. The third-order valence-corrected chi connectivity index (χ3v) is 7.60. The van der Waals surface area contributed by atoms with Crippen LogP contribution < -0.4 is 26.6 Å². The summed E-state index contributed by atoms with van der Waals surface area (Å²) in [4.78, 5) is 64.2. The molecule has 0 aliphatic carbocycles. The second-order valence-corrected chi connectivity index (χ2v) is 10.6. The van der Waals surface area contributed by atoms with Crippen molar-refractivity contribution in [2.45, 2.75) is 96.8 Å². The molecule has 2 rings (SSSR count). The Morgan fingerprint density at radius 2 is 1.68 bits per heavy atom. The van der Waals surface area contributed by atoms with Crippen molar-refractivity contribution in [1.29, 1.82) is 0 Å². The lowest BCUT2D eigenvalue weighted by Crippen LogP contribution is -2.59. The highest BCUT2D eigenvalue weighted by atomic mass is 16.4. The molecule has 1 saturated heterocycles. The highest BCUT2D eigenvalue weighted by molar-refractivity contribution is 5.94. The van der Waals surface area contributed by atoms with E-state index in [0.717, 1.165) is 5.56 Å². The lowest BCUT2D eigenvalue weighted by atomic mass is 9.96. The van der Waals surface area contributed by atoms with E-state index in [0.29, 0.717) is 45.1 Å². The number of carbonyl (C=O) groups excluding carboxylic acids is 4. The smallest absolute Gasteiger partial charge is 0.326 e. The van der Waals surface area contributed by atoms with Gasteiger partial charge in [0, 0.05) is 6.54 Å². The third-order valence-electron chi connectivity index (χ3n) is 7.60. The fourth-order valence-corrected chi connectivity index (χ4v) is 4.54. The summed E-state index contributed by atoms with van der Waals surface area (Å²) in [5.74, 6) is -3.00. The average Bonchev–Trinajstić information content (AvgIpc) is 2.95. The van der Waals surface area contributed by atoms with Gasteiger partial charge < -0.3 is 31.7 Å². The van der Waals surface area contributed by atoms with E-state index >= 15 is 0 Å². The van der Waals surface area contributed by atoms with Crippen LogP contribution in [0.25, 0.3) is 0 Å². The highest BCUT2D eigenvalue weighted by Gasteiger charge is 2.33. The molecule has 6 N–H and O–H groups in total. The Labute approximate surface area is 236 Å². The quantitative estimate of drug-likeness (QED) is 0.257. The van der Waals surface area contributed by atoms with E-state index in [1.807, 2.05) is 51.1 Å². The summed E-state index contributed by atoms with van der Waals surface area (Å²) in [7, 11) is 0. The molecule has 40 heavy (non-hydrogen) atoms. The average molecular weight is 560 g/mol. The summed E-state index contributed by atoms with van der Waals surface area (Å²) in [5, 5.41) is 23.1. The first-order chi connectivity index (χ1) is 19.1. The molecular weight excluding hydrogens is 514 g/mol. The van der Waals surface area contributed by atoms with Gasteiger partial charge in [-0.25, -0.2) is 9.59 Å². The molecule has 1 heterocycles. The number of nitrogens with one attached hydrogen (secondary N) is 5. The van der Waals surface area contributed by atoms with Gasteiger partial charge in [-0.3, -0.25) is 14.4 Å². The molecule has 6 unspecified atom stereocenters. The molecule has 0 spiro atoms. The third kappa shape index (κ3) is 10.2. The Morgan fingerprint density at radius 1 is 0.975 bits per heavy atom. The van der Waals surface area contributed by atoms with E-state index in [-0.39, 0.29) is 24.2 Å². The van der Waals surface area contributed by atoms with E-state index in [4.69, 9.17) is 0 Å². The SMILES string of the molecule is CCC(C)C(NC(=O)NC1CCCCNC(=O)C(CCc2ccccc2)NC(=O)C(C(C)CC)NC1=O)C(=O)O. The minimum Gasteiger partial charge on any atom is -0.480 e. The first-order valence-corrected chi connectivity index (χ1v) is 14.3. The predicted molar refractivity (Wildman–Crippen MR) is 151 cm³/mol. The van der Waals surface area contributed by atoms with Crippen LogP contribution in [0.1, 0.15) is 71.8 Å². The number of rotatable bonds is 10. The van der Waals surface area contributed by atoms with Crippen molar-refractivity contribution >= 4 is 29.7 Å². The molecule has 5 amide bonds. The molecule has 1 aromatic carbocycles. The number of urea groups is 1. The fourth-order valence-electron chi connectivity index (χ4n) is 4.54. The van der Waals surface area contributed by atoms with Crippen LogP contribution in [-0.4, -0.2) is 65.5 Å². The number of carboxylic acid groups (broad SMARTS) is 1. The molecule has 1 aromatic rings.